The zero-order valence-corrected chi connectivity index (χ0v) is 28.4. The molecular formula is C31H64O3Si2. The Balaban J connectivity index is 2.88. The van der Waals surface area contributed by atoms with Crippen molar-refractivity contribution < 1.29 is 14.0 Å². The number of hydrogen-bond donors (Lipinski definition) is 0. The lowest BCUT2D eigenvalue weighted by molar-refractivity contribution is -0.186. The van der Waals surface area contributed by atoms with E-state index >= 15 is 0 Å². The van der Waals surface area contributed by atoms with E-state index in [-0.39, 0.29) is 28.3 Å². The Hall–Kier alpha value is -0.136. The zero-order valence-electron chi connectivity index (χ0n) is 26.4. The van der Waals surface area contributed by atoms with Gasteiger partial charge >= 0.3 is 5.97 Å². The van der Waals surface area contributed by atoms with Crippen LogP contribution in [-0.4, -0.2) is 34.6 Å². The first-order valence-electron chi connectivity index (χ1n) is 15.5. The molecule has 1 aliphatic heterocycles. The molecule has 0 aliphatic carbocycles. The average Bonchev–Trinajstić information content (AvgIpc) is 2.72. The highest BCUT2D eigenvalue weighted by atomic mass is 28.4. The summed E-state index contributed by atoms with van der Waals surface area (Å²) in [6.45, 7) is 25.8. The van der Waals surface area contributed by atoms with Gasteiger partial charge in [-0.2, -0.15) is 0 Å². The van der Waals surface area contributed by atoms with Crippen LogP contribution in [0, 0.1) is 5.92 Å². The molecule has 0 radical (unpaired) electrons. The van der Waals surface area contributed by atoms with Gasteiger partial charge in [0, 0.05) is 12.5 Å². The summed E-state index contributed by atoms with van der Waals surface area (Å²) < 4.78 is 13.0. The molecule has 3 nitrogen and oxygen atoms in total. The number of hydrogen-bond acceptors (Lipinski definition) is 3. The summed E-state index contributed by atoms with van der Waals surface area (Å²) in [5.41, 5.74) is 0. The normalized spacial score (nSPS) is 22.0. The first-order valence-corrected chi connectivity index (χ1v) is 21.9. The maximum Gasteiger partial charge on any atom is 0.313 e. The Labute approximate surface area is 228 Å². The van der Waals surface area contributed by atoms with Gasteiger partial charge in [-0.1, -0.05) is 132 Å². The molecule has 1 saturated heterocycles. The molecule has 1 fully saturated rings. The highest BCUT2D eigenvalue weighted by molar-refractivity contribution is 6.83. The van der Waals surface area contributed by atoms with E-state index in [1.165, 1.54) is 64.2 Å². The number of carbonyl (C=O) groups is 1. The minimum Gasteiger partial charge on any atom is -0.461 e. The Morgan fingerprint density at radius 1 is 0.861 bits per heavy atom. The van der Waals surface area contributed by atoms with Gasteiger partial charge in [0.1, 0.15) is 6.10 Å². The molecule has 214 valence electrons. The van der Waals surface area contributed by atoms with E-state index in [2.05, 4.69) is 74.3 Å². The lowest BCUT2D eigenvalue weighted by Gasteiger charge is -2.55. The molecule has 0 spiro atoms. The van der Waals surface area contributed by atoms with Crippen LogP contribution in [0.4, 0.5) is 0 Å². The molecule has 0 bridgehead atoms. The van der Waals surface area contributed by atoms with E-state index in [0.29, 0.717) is 0 Å². The van der Waals surface area contributed by atoms with Crippen LogP contribution in [0.1, 0.15) is 131 Å². The molecule has 0 aromatic rings. The van der Waals surface area contributed by atoms with Crippen LogP contribution in [0.3, 0.4) is 0 Å². The fourth-order valence-electron chi connectivity index (χ4n) is 5.60. The van der Waals surface area contributed by atoms with E-state index in [1.807, 2.05) is 0 Å². The van der Waals surface area contributed by atoms with Crippen molar-refractivity contribution in [1.82, 2.24) is 0 Å². The average molecular weight is 541 g/mol. The maximum atomic E-state index is 13.2. The number of rotatable bonds is 19. The van der Waals surface area contributed by atoms with Gasteiger partial charge in [0.15, 0.2) is 8.32 Å². The fourth-order valence-corrected chi connectivity index (χ4v) is 9.75. The Kier molecular flexibility index (Phi) is 14.0. The van der Waals surface area contributed by atoms with Crippen molar-refractivity contribution >= 4 is 22.4 Å². The van der Waals surface area contributed by atoms with Crippen LogP contribution in [0.2, 0.25) is 42.8 Å². The summed E-state index contributed by atoms with van der Waals surface area (Å²) in [7, 11) is -3.66. The lowest BCUT2D eigenvalue weighted by atomic mass is 9.85. The van der Waals surface area contributed by atoms with Crippen molar-refractivity contribution in [2.75, 3.05) is 0 Å². The highest BCUT2D eigenvalue weighted by Crippen LogP contribution is 2.57. The van der Waals surface area contributed by atoms with Crippen LogP contribution in [0.25, 0.3) is 0 Å². The smallest absolute Gasteiger partial charge is 0.313 e. The number of cyclic esters (lactones) is 1. The van der Waals surface area contributed by atoms with Crippen LogP contribution in [-0.2, 0) is 14.0 Å². The van der Waals surface area contributed by atoms with E-state index in [1.54, 1.807) is 0 Å². The Morgan fingerprint density at radius 3 is 1.89 bits per heavy atom. The molecule has 0 saturated carbocycles. The summed E-state index contributed by atoms with van der Waals surface area (Å²) in [5, 5.41) is -0.0443. The van der Waals surface area contributed by atoms with E-state index in [4.69, 9.17) is 9.16 Å². The van der Waals surface area contributed by atoms with Crippen molar-refractivity contribution in [2.24, 2.45) is 5.92 Å². The summed E-state index contributed by atoms with van der Waals surface area (Å²) in [6, 6.07) is 0. The summed E-state index contributed by atoms with van der Waals surface area (Å²) in [6.07, 6.45) is 17.4. The second kappa shape index (κ2) is 14.9. The SMILES string of the molecule is CCCCCCC[C@@H](C[C@@H]1OC(=O)[C@@]1(CCCCCCCC(C)C)[Si](C)(C)C)O[Si](C)(C)C(C)(C)C. The molecule has 1 rings (SSSR count). The van der Waals surface area contributed by atoms with Gasteiger partial charge in [-0.3, -0.25) is 4.79 Å². The zero-order chi connectivity index (χ0) is 27.6. The molecule has 0 N–H and O–H groups in total. The number of unbranched alkanes of at least 4 members (excludes halogenated alkanes) is 8. The molecule has 0 unspecified atom stereocenters. The third kappa shape index (κ3) is 9.87. The van der Waals surface area contributed by atoms with Crippen molar-refractivity contribution in [2.45, 2.75) is 186 Å². The van der Waals surface area contributed by atoms with Crippen molar-refractivity contribution in [3.8, 4) is 0 Å². The molecule has 0 aromatic carbocycles. The topological polar surface area (TPSA) is 35.5 Å². The molecule has 5 heteroatoms. The third-order valence-electron chi connectivity index (χ3n) is 9.23. The van der Waals surface area contributed by atoms with Crippen molar-refractivity contribution in [3.63, 3.8) is 0 Å². The van der Waals surface area contributed by atoms with Crippen LogP contribution in [0.5, 0.6) is 0 Å². The highest BCUT2D eigenvalue weighted by Gasteiger charge is 2.64. The second-order valence-electron chi connectivity index (χ2n) is 14.8. The van der Waals surface area contributed by atoms with Gasteiger partial charge in [0.2, 0.25) is 0 Å². The molecule has 0 aromatic heterocycles. The fraction of sp³-hybridized carbons (Fsp3) is 0.968. The maximum absolute atomic E-state index is 13.2. The van der Waals surface area contributed by atoms with Crippen LogP contribution in [0.15, 0.2) is 0 Å². The van der Waals surface area contributed by atoms with Crippen molar-refractivity contribution in [1.29, 1.82) is 0 Å². The molecule has 0 amide bonds. The van der Waals surface area contributed by atoms with Gasteiger partial charge in [0.05, 0.1) is 13.1 Å². The first-order chi connectivity index (χ1) is 16.6. The van der Waals surface area contributed by atoms with Gasteiger partial charge < -0.3 is 9.16 Å². The van der Waals surface area contributed by atoms with Crippen molar-refractivity contribution in [3.05, 3.63) is 0 Å². The molecular weight excluding hydrogens is 477 g/mol. The summed E-state index contributed by atoms with van der Waals surface area (Å²) >= 11 is 0. The minimum absolute atomic E-state index is 0.0445. The van der Waals surface area contributed by atoms with Gasteiger partial charge in [-0.25, -0.2) is 0 Å². The molecule has 36 heavy (non-hydrogen) atoms. The summed E-state index contributed by atoms with van der Waals surface area (Å²) in [4.78, 5) is 13.2. The number of ether oxygens (including phenoxy) is 1. The largest absolute Gasteiger partial charge is 0.461 e. The quantitative estimate of drug-likeness (QED) is 0.0928. The first kappa shape index (κ1) is 33.9. The molecule has 3 atom stereocenters. The van der Waals surface area contributed by atoms with Gasteiger partial charge in [-0.15, -0.1) is 0 Å². The number of carbonyl (C=O) groups excluding carboxylic acids is 1. The van der Waals surface area contributed by atoms with E-state index < -0.39 is 16.4 Å². The monoisotopic (exact) mass is 540 g/mol. The standard InChI is InChI=1S/C31H64O3Si2/c1-12-13-14-16-20-23-27(34-36(10,11)30(4,5)6)25-28-31(29(32)33-28,35(7,8)9)24-21-18-15-17-19-22-26(2)3/h26-28H,12-25H2,1-11H3/t27-,28-,31-/m0/s1. The third-order valence-corrected chi connectivity index (χ3v) is 17.2. The number of esters is 1. The van der Waals surface area contributed by atoms with E-state index in [0.717, 1.165) is 31.6 Å². The predicted octanol–water partition coefficient (Wildman–Crippen LogP) is 10.5. The van der Waals surface area contributed by atoms with Crippen LogP contribution < -0.4 is 0 Å². The summed E-state index contributed by atoms with van der Waals surface area (Å²) in [5.74, 6) is 0.902. The second-order valence-corrected chi connectivity index (χ2v) is 24.9. The minimum atomic E-state index is -1.89. The van der Waals surface area contributed by atoms with Gasteiger partial charge in [-0.05, 0) is 36.9 Å². The molecule has 1 aliphatic rings. The predicted molar refractivity (Wildman–Crippen MR) is 163 cm³/mol. The lowest BCUT2D eigenvalue weighted by Crippen LogP contribution is -2.63. The Morgan fingerprint density at radius 2 is 1.39 bits per heavy atom. The Bertz CT molecular complexity index is 633. The molecule has 1 heterocycles. The van der Waals surface area contributed by atoms with Crippen LogP contribution >= 0.6 is 0 Å². The van der Waals surface area contributed by atoms with E-state index in [9.17, 15) is 4.79 Å². The van der Waals surface area contributed by atoms with Gasteiger partial charge in [0.25, 0.3) is 0 Å².